The molecule has 2 amide bonds. The van der Waals surface area contributed by atoms with Crippen LogP contribution in [0.5, 0.6) is 0 Å². The highest BCUT2D eigenvalue weighted by atomic mass is 35.5. The maximum absolute atomic E-state index is 12.8. The van der Waals surface area contributed by atoms with E-state index >= 15 is 0 Å². The van der Waals surface area contributed by atoms with Crippen molar-refractivity contribution in [2.24, 2.45) is 0 Å². The molecule has 2 N–H and O–H groups in total. The standard InChI is InChI=1S/C16H11Cl2F3N2O/c17-11-3-1-2-10(8-11)6-7-22-15(24)23-12-4-5-14(18)13(9-12)16(19,20)21/h1-9H,(H2,22,23,24)/b7-6+. The molecule has 126 valence electrons. The van der Waals surface area contributed by atoms with Gasteiger partial charge in [-0.1, -0.05) is 35.3 Å². The highest BCUT2D eigenvalue weighted by Gasteiger charge is 2.33. The second-order valence-electron chi connectivity index (χ2n) is 4.68. The lowest BCUT2D eigenvalue weighted by atomic mass is 10.2. The molecule has 0 unspecified atom stereocenters. The van der Waals surface area contributed by atoms with Gasteiger partial charge in [-0.3, -0.25) is 0 Å². The second-order valence-corrected chi connectivity index (χ2v) is 5.52. The number of halogens is 5. The molecule has 0 fully saturated rings. The minimum absolute atomic E-state index is 0.0274. The number of hydrogen-bond donors (Lipinski definition) is 2. The van der Waals surface area contributed by atoms with Crippen LogP contribution in [0.15, 0.2) is 48.7 Å². The molecular weight excluding hydrogens is 364 g/mol. The summed E-state index contributed by atoms with van der Waals surface area (Å²) < 4.78 is 38.3. The third kappa shape index (κ3) is 5.18. The number of nitrogens with one attached hydrogen (secondary N) is 2. The van der Waals surface area contributed by atoms with Crippen molar-refractivity contribution in [3.8, 4) is 0 Å². The van der Waals surface area contributed by atoms with E-state index in [9.17, 15) is 18.0 Å². The van der Waals surface area contributed by atoms with Gasteiger partial charge in [-0.2, -0.15) is 13.2 Å². The van der Waals surface area contributed by atoms with Crippen molar-refractivity contribution in [2.45, 2.75) is 6.18 Å². The molecule has 2 aromatic rings. The number of urea groups is 1. The number of rotatable bonds is 3. The predicted octanol–water partition coefficient (Wildman–Crippen LogP) is 5.80. The van der Waals surface area contributed by atoms with Gasteiger partial charge >= 0.3 is 12.2 Å². The normalized spacial score (nSPS) is 11.5. The average Bonchev–Trinajstić information content (AvgIpc) is 2.48. The van der Waals surface area contributed by atoms with Gasteiger partial charge in [0.25, 0.3) is 0 Å². The first-order chi connectivity index (χ1) is 11.3. The molecule has 0 atom stereocenters. The van der Waals surface area contributed by atoms with Gasteiger partial charge in [-0.25, -0.2) is 4.79 Å². The van der Waals surface area contributed by atoms with Crippen LogP contribution >= 0.6 is 23.2 Å². The van der Waals surface area contributed by atoms with E-state index in [0.717, 1.165) is 17.7 Å². The minimum atomic E-state index is -4.60. The van der Waals surface area contributed by atoms with Crippen LogP contribution in [0.2, 0.25) is 10.0 Å². The zero-order chi connectivity index (χ0) is 17.7. The molecule has 0 bridgehead atoms. The van der Waals surface area contributed by atoms with Crippen molar-refractivity contribution in [3.05, 3.63) is 69.8 Å². The monoisotopic (exact) mass is 374 g/mol. The fourth-order valence-electron chi connectivity index (χ4n) is 1.81. The smallest absolute Gasteiger partial charge is 0.314 e. The zero-order valence-corrected chi connectivity index (χ0v) is 13.5. The van der Waals surface area contributed by atoms with Gasteiger partial charge in [0, 0.05) is 16.9 Å². The Morgan fingerprint density at radius 3 is 2.50 bits per heavy atom. The van der Waals surface area contributed by atoms with Gasteiger partial charge < -0.3 is 10.6 Å². The van der Waals surface area contributed by atoms with Crippen LogP contribution in [0.4, 0.5) is 23.7 Å². The van der Waals surface area contributed by atoms with E-state index in [2.05, 4.69) is 10.6 Å². The Balaban J connectivity index is 2.00. The number of anilines is 1. The summed E-state index contributed by atoms with van der Waals surface area (Å²) in [5.74, 6) is 0. The summed E-state index contributed by atoms with van der Waals surface area (Å²) >= 11 is 11.3. The number of hydrogen-bond acceptors (Lipinski definition) is 1. The Kier molecular flexibility index (Phi) is 5.75. The largest absolute Gasteiger partial charge is 0.417 e. The first-order valence-electron chi connectivity index (χ1n) is 6.62. The second kappa shape index (κ2) is 7.59. The van der Waals surface area contributed by atoms with Crippen LogP contribution < -0.4 is 10.6 Å². The molecule has 0 spiro atoms. The van der Waals surface area contributed by atoms with Crippen LogP contribution in [0.25, 0.3) is 6.08 Å². The Morgan fingerprint density at radius 1 is 1.08 bits per heavy atom. The quantitative estimate of drug-likeness (QED) is 0.699. The lowest BCUT2D eigenvalue weighted by Gasteiger charge is -2.11. The van der Waals surface area contributed by atoms with Crippen molar-refractivity contribution >= 4 is 41.0 Å². The first-order valence-corrected chi connectivity index (χ1v) is 7.38. The molecule has 0 aliphatic carbocycles. The van der Waals surface area contributed by atoms with Crippen molar-refractivity contribution in [3.63, 3.8) is 0 Å². The van der Waals surface area contributed by atoms with Crippen molar-refractivity contribution < 1.29 is 18.0 Å². The molecule has 0 aliphatic heterocycles. The van der Waals surface area contributed by atoms with E-state index in [-0.39, 0.29) is 5.69 Å². The van der Waals surface area contributed by atoms with Crippen LogP contribution in [-0.2, 0) is 6.18 Å². The number of amides is 2. The minimum Gasteiger partial charge on any atom is -0.314 e. The average molecular weight is 375 g/mol. The predicted molar refractivity (Wildman–Crippen MR) is 89.1 cm³/mol. The molecule has 0 aromatic heterocycles. The number of carbonyl (C=O) groups is 1. The number of carbonyl (C=O) groups excluding carboxylic acids is 1. The molecule has 2 rings (SSSR count). The summed E-state index contributed by atoms with van der Waals surface area (Å²) in [7, 11) is 0. The summed E-state index contributed by atoms with van der Waals surface area (Å²) in [6.45, 7) is 0. The van der Waals surface area contributed by atoms with Crippen molar-refractivity contribution in [1.29, 1.82) is 0 Å². The maximum Gasteiger partial charge on any atom is 0.417 e. The topological polar surface area (TPSA) is 41.1 Å². The molecule has 0 saturated carbocycles. The highest BCUT2D eigenvalue weighted by molar-refractivity contribution is 6.31. The van der Waals surface area contributed by atoms with Crippen LogP contribution in [-0.4, -0.2) is 6.03 Å². The molecule has 0 radical (unpaired) electrons. The van der Waals surface area contributed by atoms with Crippen LogP contribution in [0.3, 0.4) is 0 Å². The van der Waals surface area contributed by atoms with Crippen LogP contribution in [0.1, 0.15) is 11.1 Å². The molecule has 0 saturated heterocycles. The van der Waals surface area contributed by atoms with Gasteiger partial charge in [0.05, 0.1) is 10.6 Å². The number of alkyl halides is 3. The SMILES string of the molecule is O=C(N/C=C/c1cccc(Cl)c1)Nc1ccc(Cl)c(C(F)(F)F)c1. The maximum atomic E-state index is 12.8. The summed E-state index contributed by atoms with van der Waals surface area (Å²) in [6, 6.07) is 9.33. The summed E-state index contributed by atoms with van der Waals surface area (Å²) in [6.07, 6.45) is -1.66. The van der Waals surface area contributed by atoms with Crippen molar-refractivity contribution in [1.82, 2.24) is 5.32 Å². The molecule has 3 nitrogen and oxygen atoms in total. The van der Waals surface area contributed by atoms with E-state index in [1.807, 2.05) is 0 Å². The third-order valence-electron chi connectivity index (χ3n) is 2.87. The van der Waals surface area contributed by atoms with Gasteiger partial charge in [-0.15, -0.1) is 0 Å². The van der Waals surface area contributed by atoms with Crippen molar-refractivity contribution in [2.75, 3.05) is 5.32 Å². The van der Waals surface area contributed by atoms with Gasteiger partial charge in [-0.05, 0) is 42.0 Å². The molecule has 0 heterocycles. The van der Waals surface area contributed by atoms with Gasteiger partial charge in [0.2, 0.25) is 0 Å². The molecule has 0 aliphatic rings. The molecular formula is C16H11Cl2F3N2O. The van der Waals surface area contributed by atoms with E-state index in [0.29, 0.717) is 5.02 Å². The lowest BCUT2D eigenvalue weighted by Crippen LogP contribution is -2.24. The fourth-order valence-corrected chi connectivity index (χ4v) is 2.23. The molecule has 8 heteroatoms. The Bertz CT molecular complexity index is 776. The zero-order valence-electron chi connectivity index (χ0n) is 12.0. The van der Waals surface area contributed by atoms with Gasteiger partial charge in [0.1, 0.15) is 0 Å². The Labute approximate surface area is 146 Å². The highest BCUT2D eigenvalue weighted by Crippen LogP contribution is 2.36. The Morgan fingerprint density at radius 2 is 1.83 bits per heavy atom. The Hall–Kier alpha value is -2.18. The summed E-state index contributed by atoms with van der Waals surface area (Å²) in [5.41, 5.74) is -0.287. The molecule has 24 heavy (non-hydrogen) atoms. The van der Waals surface area contributed by atoms with E-state index in [4.69, 9.17) is 23.2 Å². The van der Waals surface area contributed by atoms with E-state index in [1.165, 1.54) is 12.3 Å². The van der Waals surface area contributed by atoms with Crippen LogP contribution in [0, 0.1) is 0 Å². The third-order valence-corrected chi connectivity index (χ3v) is 3.43. The molecule has 2 aromatic carbocycles. The van der Waals surface area contributed by atoms with E-state index < -0.39 is 22.8 Å². The fraction of sp³-hybridized carbons (Fsp3) is 0.0625. The van der Waals surface area contributed by atoms with Gasteiger partial charge in [0.15, 0.2) is 0 Å². The summed E-state index contributed by atoms with van der Waals surface area (Å²) in [5, 5.41) is 4.79. The lowest BCUT2D eigenvalue weighted by molar-refractivity contribution is -0.137. The van der Waals surface area contributed by atoms with E-state index in [1.54, 1.807) is 30.3 Å². The summed E-state index contributed by atoms with van der Waals surface area (Å²) in [4.78, 5) is 11.7. The number of benzene rings is 2. The first kappa shape index (κ1) is 18.2.